The van der Waals surface area contributed by atoms with Crippen LogP contribution in [0.4, 0.5) is 0 Å². The second-order valence-corrected chi connectivity index (χ2v) is 4.47. The molecule has 104 valence electrons. The van der Waals surface area contributed by atoms with E-state index in [1.54, 1.807) is 0 Å². The predicted octanol–water partition coefficient (Wildman–Crippen LogP) is 1.62. The molecule has 0 aliphatic heterocycles. The van der Waals surface area contributed by atoms with Crippen molar-refractivity contribution in [1.29, 1.82) is 0 Å². The number of carbonyl (C=O) groups is 4. The fourth-order valence-electron chi connectivity index (χ4n) is 1.23. The number of ketones is 2. The zero-order valence-corrected chi connectivity index (χ0v) is 11.6. The van der Waals surface area contributed by atoms with E-state index in [4.69, 9.17) is 0 Å². The van der Waals surface area contributed by atoms with Crippen molar-refractivity contribution in [3.8, 4) is 0 Å². The van der Waals surface area contributed by atoms with Crippen molar-refractivity contribution in [3.63, 3.8) is 0 Å². The fraction of sp³-hybridized carbons (Fsp3) is 0.429. The molecule has 0 N–H and O–H groups in total. The molecule has 0 aliphatic carbocycles. The van der Waals surface area contributed by atoms with Gasteiger partial charge in [-0.1, -0.05) is 13.2 Å². The van der Waals surface area contributed by atoms with Crippen LogP contribution in [0.3, 0.4) is 0 Å². The highest BCUT2D eigenvalue weighted by molar-refractivity contribution is 6.12. The summed E-state index contributed by atoms with van der Waals surface area (Å²) in [6, 6.07) is 0. The molecular formula is C14H18O5. The summed E-state index contributed by atoms with van der Waals surface area (Å²) in [7, 11) is 0. The zero-order chi connectivity index (χ0) is 15.3. The Morgan fingerprint density at radius 3 is 1.26 bits per heavy atom. The molecular weight excluding hydrogens is 248 g/mol. The van der Waals surface area contributed by atoms with Crippen LogP contribution in [-0.2, 0) is 23.9 Å². The molecule has 2 atom stereocenters. The van der Waals surface area contributed by atoms with Gasteiger partial charge in [-0.3, -0.25) is 19.2 Å². The first-order valence-corrected chi connectivity index (χ1v) is 5.74. The van der Waals surface area contributed by atoms with Gasteiger partial charge in [0.25, 0.3) is 0 Å². The molecule has 0 saturated heterocycles. The largest absolute Gasteiger partial charge is 0.392 e. The van der Waals surface area contributed by atoms with Crippen molar-refractivity contribution < 1.29 is 23.9 Å². The Bertz CT molecular complexity index is 416. The highest BCUT2D eigenvalue weighted by Crippen LogP contribution is 2.11. The fourth-order valence-corrected chi connectivity index (χ4v) is 1.23. The lowest BCUT2D eigenvalue weighted by atomic mass is 10.0. The van der Waals surface area contributed by atoms with Crippen molar-refractivity contribution >= 4 is 23.5 Å². The Morgan fingerprint density at radius 2 is 1.05 bits per heavy atom. The number of hydrogen-bond donors (Lipinski definition) is 0. The topological polar surface area (TPSA) is 77.5 Å². The predicted molar refractivity (Wildman–Crippen MR) is 69.1 cm³/mol. The molecule has 0 aromatic heterocycles. The summed E-state index contributed by atoms with van der Waals surface area (Å²) in [6.07, 6.45) is 0. The van der Waals surface area contributed by atoms with Crippen LogP contribution in [0, 0.1) is 11.8 Å². The number of esters is 2. The Balaban J connectivity index is 4.70. The van der Waals surface area contributed by atoms with Crippen molar-refractivity contribution in [2.45, 2.75) is 27.7 Å². The summed E-state index contributed by atoms with van der Waals surface area (Å²) in [4.78, 5) is 46.1. The minimum absolute atomic E-state index is 0.197. The molecule has 2 unspecified atom stereocenters. The summed E-state index contributed by atoms with van der Waals surface area (Å²) < 4.78 is 4.51. The lowest BCUT2D eigenvalue weighted by molar-refractivity contribution is -0.165. The third kappa shape index (κ3) is 4.62. The number of carbonyl (C=O) groups excluding carboxylic acids is 4. The minimum Gasteiger partial charge on any atom is -0.392 e. The van der Waals surface area contributed by atoms with E-state index in [1.165, 1.54) is 27.7 Å². The van der Waals surface area contributed by atoms with Crippen LogP contribution < -0.4 is 0 Å². The van der Waals surface area contributed by atoms with Gasteiger partial charge in [0.2, 0.25) is 0 Å². The third-order valence-corrected chi connectivity index (χ3v) is 2.54. The highest BCUT2D eigenvalue weighted by atomic mass is 16.6. The van der Waals surface area contributed by atoms with Crippen LogP contribution in [0.25, 0.3) is 0 Å². The first-order valence-electron chi connectivity index (χ1n) is 5.74. The lowest BCUT2D eigenvalue weighted by Crippen LogP contribution is -2.31. The quantitative estimate of drug-likeness (QED) is 0.414. The molecule has 5 nitrogen and oxygen atoms in total. The molecule has 0 spiro atoms. The summed E-state index contributed by atoms with van der Waals surface area (Å²) >= 11 is 0. The Hall–Kier alpha value is -2.04. The second kappa shape index (κ2) is 6.78. The van der Waals surface area contributed by atoms with Gasteiger partial charge in [0, 0.05) is 0 Å². The molecule has 0 aliphatic rings. The van der Waals surface area contributed by atoms with Crippen LogP contribution in [0.2, 0.25) is 0 Å². The van der Waals surface area contributed by atoms with Gasteiger partial charge >= 0.3 is 11.9 Å². The molecule has 0 radical (unpaired) electrons. The molecule has 19 heavy (non-hydrogen) atoms. The Morgan fingerprint density at radius 1 is 0.789 bits per heavy atom. The number of ether oxygens (including phenoxy) is 1. The summed E-state index contributed by atoms with van der Waals surface area (Å²) in [6.45, 7) is 12.4. The van der Waals surface area contributed by atoms with Crippen LogP contribution in [0.1, 0.15) is 27.7 Å². The summed E-state index contributed by atoms with van der Waals surface area (Å²) in [5, 5.41) is 0. The van der Waals surface area contributed by atoms with E-state index in [0.717, 1.165) is 0 Å². The molecule has 0 amide bonds. The highest BCUT2D eigenvalue weighted by Gasteiger charge is 2.30. The van der Waals surface area contributed by atoms with Gasteiger partial charge in [-0.2, -0.15) is 0 Å². The molecule has 0 aromatic rings. The zero-order valence-electron chi connectivity index (χ0n) is 11.6. The van der Waals surface area contributed by atoms with E-state index in [0.29, 0.717) is 0 Å². The smallest absolute Gasteiger partial charge is 0.324 e. The van der Waals surface area contributed by atoms with Crippen LogP contribution in [0.5, 0.6) is 0 Å². The number of rotatable bonds is 6. The standard InChI is InChI=1S/C14H18O5/c1-7(2)11(15)9(5)13(17)19-14(18)10(6)12(16)8(3)4/h9-10H,1,3H2,2,4-6H3. The van der Waals surface area contributed by atoms with Crippen LogP contribution in [0.15, 0.2) is 24.3 Å². The van der Waals surface area contributed by atoms with Gasteiger partial charge in [0.15, 0.2) is 11.6 Å². The van der Waals surface area contributed by atoms with Gasteiger partial charge in [0.05, 0.1) is 0 Å². The van der Waals surface area contributed by atoms with E-state index in [1.807, 2.05) is 0 Å². The minimum atomic E-state index is -1.12. The average molecular weight is 266 g/mol. The second-order valence-electron chi connectivity index (χ2n) is 4.47. The van der Waals surface area contributed by atoms with Crippen molar-refractivity contribution in [1.82, 2.24) is 0 Å². The molecule has 0 bridgehead atoms. The van der Waals surface area contributed by atoms with Gasteiger partial charge < -0.3 is 4.74 Å². The summed E-state index contributed by atoms with van der Waals surface area (Å²) in [5.41, 5.74) is 0.394. The summed E-state index contributed by atoms with van der Waals surface area (Å²) in [5.74, 6) is -5.21. The van der Waals surface area contributed by atoms with Crippen LogP contribution >= 0.6 is 0 Å². The number of Topliss-reactive ketones (excluding diaryl/α,β-unsaturated/α-hetero) is 2. The normalized spacial score (nSPS) is 13.1. The van der Waals surface area contributed by atoms with Crippen molar-refractivity contribution in [2.75, 3.05) is 0 Å². The monoisotopic (exact) mass is 266 g/mol. The van der Waals surface area contributed by atoms with E-state index in [2.05, 4.69) is 17.9 Å². The number of allylic oxidation sites excluding steroid dienone is 2. The van der Waals surface area contributed by atoms with Gasteiger partial charge in [0.1, 0.15) is 11.8 Å². The third-order valence-electron chi connectivity index (χ3n) is 2.54. The molecule has 0 rings (SSSR count). The maximum atomic E-state index is 11.6. The van der Waals surface area contributed by atoms with Gasteiger partial charge in [-0.25, -0.2) is 0 Å². The number of hydrogen-bond acceptors (Lipinski definition) is 5. The maximum Gasteiger partial charge on any atom is 0.324 e. The van der Waals surface area contributed by atoms with Gasteiger partial charge in [-0.05, 0) is 38.8 Å². The molecule has 0 fully saturated rings. The first kappa shape index (κ1) is 17.0. The molecule has 0 saturated carbocycles. The van der Waals surface area contributed by atoms with Crippen LogP contribution in [-0.4, -0.2) is 23.5 Å². The Labute approximate surface area is 112 Å². The maximum absolute atomic E-state index is 11.6. The molecule has 0 aromatic carbocycles. The van der Waals surface area contributed by atoms with E-state index >= 15 is 0 Å². The van der Waals surface area contributed by atoms with E-state index in [-0.39, 0.29) is 11.1 Å². The Kier molecular flexibility index (Phi) is 6.05. The SMILES string of the molecule is C=C(C)C(=O)C(C)C(=O)OC(=O)C(C)C(=O)C(=C)C. The average Bonchev–Trinajstić information content (AvgIpc) is 2.34. The molecule has 5 heteroatoms. The first-order chi connectivity index (χ1) is 8.59. The lowest BCUT2D eigenvalue weighted by Gasteiger charge is -2.12. The van der Waals surface area contributed by atoms with Crippen molar-refractivity contribution in [2.24, 2.45) is 11.8 Å². The van der Waals surface area contributed by atoms with Gasteiger partial charge in [-0.15, -0.1) is 0 Å². The van der Waals surface area contributed by atoms with E-state index in [9.17, 15) is 19.2 Å². The molecule has 0 heterocycles. The van der Waals surface area contributed by atoms with E-state index < -0.39 is 35.3 Å². The van der Waals surface area contributed by atoms with Crippen molar-refractivity contribution in [3.05, 3.63) is 24.3 Å².